The second-order valence-corrected chi connectivity index (χ2v) is 11.2. The van der Waals surface area contributed by atoms with Crippen molar-refractivity contribution in [3.63, 3.8) is 0 Å². The highest BCUT2D eigenvalue weighted by Crippen LogP contribution is 2.41. The fourth-order valence-corrected chi connectivity index (χ4v) is 6.76. The van der Waals surface area contributed by atoms with Crippen molar-refractivity contribution in [3.05, 3.63) is 34.9 Å². The Morgan fingerprint density at radius 1 is 0.613 bits per heavy atom. The molecule has 2 aliphatic rings. The van der Waals surface area contributed by atoms with Gasteiger partial charge < -0.3 is 0 Å². The van der Waals surface area contributed by atoms with E-state index in [1.165, 1.54) is 116 Å². The first-order valence-corrected chi connectivity index (χ1v) is 14.3. The van der Waals surface area contributed by atoms with Gasteiger partial charge in [-0.2, -0.15) is 0 Å². The van der Waals surface area contributed by atoms with Crippen molar-refractivity contribution < 1.29 is 0 Å². The first-order valence-electron chi connectivity index (χ1n) is 14.3. The molecule has 0 unspecified atom stereocenters. The zero-order valence-electron chi connectivity index (χ0n) is 21.3. The van der Waals surface area contributed by atoms with Crippen LogP contribution in [0.25, 0.3) is 0 Å². The maximum atomic E-state index is 2.58. The van der Waals surface area contributed by atoms with Crippen LogP contribution in [0.4, 0.5) is 0 Å². The van der Waals surface area contributed by atoms with Gasteiger partial charge in [-0.05, 0) is 98.7 Å². The summed E-state index contributed by atoms with van der Waals surface area (Å²) in [5, 5.41) is 0. The minimum atomic E-state index is 0.832. The topological polar surface area (TPSA) is 0 Å². The van der Waals surface area contributed by atoms with E-state index in [9.17, 15) is 0 Å². The van der Waals surface area contributed by atoms with Crippen LogP contribution < -0.4 is 0 Å². The monoisotopic (exact) mass is 424 g/mol. The number of hydrogen-bond acceptors (Lipinski definition) is 0. The predicted molar refractivity (Wildman–Crippen MR) is 138 cm³/mol. The molecule has 0 bridgehead atoms. The van der Waals surface area contributed by atoms with Gasteiger partial charge in [-0.15, -0.1) is 0 Å². The highest BCUT2D eigenvalue weighted by atomic mass is 14.3. The lowest BCUT2D eigenvalue weighted by Gasteiger charge is -2.31. The Morgan fingerprint density at radius 2 is 1.19 bits per heavy atom. The molecule has 0 saturated heterocycles. The SMILES string of the molecule is CCCCCCCCC[C@H]1CC[C@H](c2ccc([C@H]3CC[C@H](CCC)CC3)c(C)c2)CC1. The van der Waals surface area contributed by atoms with Crippen LogP contribution in [-0.2, 0) is 0 Å². The van der Waals surface area contributed by atoms with Gasteiger partial charge in [0.1, 0.15) is 0 Å². The number of rotatable bonds is 12. The van der Waals surface area contributed by atoms with Gasteiger partial charge in [-0.25, -0.2) is 0 Å². The molecule has 0 nitrogen and oxygen atoms in total. The van der Waals surface area contributed by atoms with Crippen LogP contribution in [-0.4, -0.2) is 0 Å². The lowest BCUT2D eigenvalue weighted by molar-refractivity contribution is 0.301. The van der Waals surface area contributed by atoms with Crippen LogP contribution >= 0.6 is 0 Å². The second kappa shape index (κ2) is 13.7. The molecule has 2 saturated carbocycles. The zero-order valence-corrected chi connectivity index (χ0v) is 21.3. The molecular formula is C31H52. The molecule has 0 aromatic heterocycles. The molecular weight excluding hydrogens is 372 g/mol. The van der Waals surface area contributed by atoms with E-state index in [-0.39, 0.29) is 0 Å². The molecule has 0 N–H and O–H groups in total. The summed E-state index contributed by atoms with van der Waals surface area (Å²) in [4.78, 5) is 0. The molecule has 176 valence electrons. The lowest BCUT2D eigenvalue weighted by atomic mass is 9.74. The van der Waals surface area contributed by atoms with Gasteiger partial charge in [0.2, 0.25) is 0 Å². The standard InChI is InChI=1S/C31H52/c1-4-6-7-8-9-10-11-13-27-14-18-28(19-15-27)30-22-23-31(25(3)24-30)29-20-16-26(12-5-2)17-21-29/h22-24,26-29H,4-21H2,1-3H3/t26-,27-,28-,29-. The molecule has 1 aromatic carbocycles. The largest absolute Gasteiger partial charge is 0.0654 e. The van der Waals surface area contributed by atoms with Crippen LogP contribution in [0.15, 0.2) is 18.2 Å². The van der Waals surface area contributed by atoms with Crippen molar-refractivity contribution in [2.75, 3.05) is 0 Å². The van der Waals surface area contributed by atoms with Gasteiger partial charge in [0.15, 0.2) is 0 Å². The smallest absolute Gasteiger partial charge is 0.0159 e. The van der Waals surface area contributed by atoms with Crippen molar-refractivity contribution in [1.82, 2.24) is 0 Å². The molecule has 0 heteroatoms. The van der Waals surface area contributed by atoms with Crippen LogP contribution in [0.5, 0.6) is 0 Å². The van der Waals surface area contributed by atoms with E-state index in [1.807, 2.05) is 0 Å². The third kappa shape index (κ3) is 7.94. The van der Waals surface area contributed by atoms with Crippen molar-refractivity contribution in [3.8, 4) is 0 Å². The van der Waals surface area contributed by atoms with Crippen molar-refractivity contribution >= 4 is 0 Å². The van der Waals surface area contributed by atoms with E-state index in [0.717, 1.165) is 23.7 Å². The van der Waals surface area contributed by atoms with Gasteiger partial charge in [-0.1, -0.05) is 96.3 Å². The van der Waals surface area contributed by atoms with E-state index >= 15 is 0 Å². The molecule has 2 fully saturated rings. The third-order valence-corrected chi connectivity index (χ3v) is 8.81. The summed E-state index contributed by atoms with van der Waals surface area (Å²) in [6.45, 7) is 7.05. The van der Waals surface area contributed by atoms with E-state index < -0.39 is 0 Å². The molecule has 0 heterocycles. The first-order chi connectivity index (χ1) is 15.2. The Morgan fingerprint density at radius 3 is 1.81 bits per heavy atom. The number of benzene rings is 1. The summed E-state index contributed by atoms with van der Waals surface area (Å²) in [6.07, 6.45) is 26.1. The summed E-state index contributed by atoms with van der Waals surface area (Å²) >= 11 is 0. The van der Waals surface area contributed by atoms with Gasteiger partial charge >= 0.3 is 0 Å². The summed E-state index contributed by atoms with van der Waals surface area (Å²) in [5.41, 5.74) is 4.91. The minimum absolute atomic E-state index is 0.832. The van der Waals surface area contributed by atoms with E-state index in [0.29, 0.717) is 0 Å². The van der Waals surface area contributed by atoms with Gasteiger partial charge in [0.25, 0.3) is 0 Å². The third-order valence-electron chi connectivity index (χ3n) is 8.81. The van der Waals surface area contributed by atoms with Crippen LogP contribution in [0.3, 0.4) is 0 Å². The second-order valence-electron chi connectivity index (χ2n) is 11.2. The van der Waals surface area contributed by atoms with Gasteiger partial charge in [0.05, 0.1) is 0 Å². The molecule has 0 atom stereocenters. The molecule has 2 aliphatic carbocycles. The number of unbranched alkanes of at least 4 members (excludes halogenated alkanes) is 6. The Hall–Kier alpha value is -0.780. The quantitative estimate of drug-likeness (QED) is 0.293. The molecule has 0 amide bonds. The summed E-state index contributed by atoms with van der Waals surface area (Å²) in [5.74, 6) is 3.70. The van der Waals surface area contributed by atoms with Gasteiger partial charge in [0, 0.05) is 0 Å². The number of hydrogen-bond donors (Lipinski definition) is 0. The van der Waals surface area contributed by atoms with Crippen LogP contribution in [0.2, 0.25) is 0 Å². The fraction of sp³-hybridized carbons (Fsp3) is 0.806. The highest BCUT2D eigenvalue weighted by Gasteiger charge is 2.25. The van der Waals surface area contributed by atoms with Crippen LogP contribution in [0.1, 0.15) is 158 Å². The maximum Gasteiger partial charge on any atom is -0.0159 e. The average Bonchev–Trinajstić information content (AvgIpc) is 2.80. The molecule has 0 radical (unpaired) electrons. The fourth-order valence-electron chi connectivity index (χ4n) is 6.76. The maximum absolute atomic E-state index is 2.58. The zero-order chi connectivity index (χ0) is 21.9. The highest BCUT2D eigenvalue weighted by molar-refractivity contribution is 5.35. The van der Waals surface area contributed by atoms with Crippen molar-refractivity contribution in [2.45, 2.75) is 148 Å². The Labute approximate surface area is 195 Å². The summed E-state index contributed by atoms with van der Waals surface area (Å²) < 4.78 is 0. The van der Waals surface area contributed by atoms with Crippen molar-refractivity contribution in [2.24, 2.45) is 11.8 Å². The molecule has 31 heavy (non-hydrogen) atoms. The number of aryl methyl sites for hydroxylation is 1. The van der Waals surface area contributed by atoms with Crippen molar-refractivity contribution in [1.29, 1.82) is 0 Å². The molecule has 1 aromatic rings. The molecule has 3 rings (SSSR count). The first kappa shape index (κ1) is 24.9. The lowest BCUT2D eigenvalue weighted by Crippen LogP contribution is -2.15. The van der Waals surface area contributed by atoms with E-state index in [1.54, 1.807) is 16.7 Å². The Kier molecular flexibility index (Phi) is 11.0. The normalized spacial score (nSPS) is 26.8. The minimum Gasteiger partial charge on any atom is -0.0654 e. The van der Waals surface area contributed by atoms with Gasteiger partial charge in [-0.3, -0.25) is 0 Å². The van der Waals surface area contributed by atoms with E-state index in [2.05, 4.69) is 39.0 Å². The summed E-state index contributed by atoms with van der Waals surface area (Å²) in [6, 6.07) is 7.62. The summed E-state index contributed by atoms with van der Waals surface area (Å²) in [7, 11) is 0. The Bertz CT molecular complexity index is 598. The van der Waals surface area contributed by atoms with Crippen LogP contribution in [0, 0.1) is 18.8 Å². The molecule has 0 aliphatic heterocycles. The molecule has 0 spiro atoms. The predicted octanol–water partition coefficient (Wildman–Crippen LogP) is 10.5. The average molecular weight is 425 g/mol. The van der Waals surface area contributed by atoms with E-state index in [4.69, 9.17) is 0 Å². The Balaban J connectivity index is 1.38.